The predicted octanol–water partition coefficient (Wildman–Crippen LogP) is 3.04. The second-order valence-corrected chi connectivity index (χ2v) is 10.8. The molecule has 2 aromatic heterocycles. The summed E-state index contributed by atoms with van der Waals surface area (Å²) in [5.41, 5.74) is 17.3. The van der Waals surface area contributed by atoms with Gasteiger partial charge in [0.2, 0.25) is 0 Å². The summed E-state index contributed by atoms with van der Waals surface area (Å²) in [6.45, 7) is 4.77. The van der Waals surface area contributed by atoms with Crippen molar-refractivity contribution in [1.82, 2.24) is 24.8 Å². The monoisotopic (exact) mass is 487 g/mol. The fourth-order valence-electron chi connectivity index (χ4n) is 5.85. The molecule has 6 rings (SSSR count). The SMILES string of the molecule is Cc1cc(-c2ccn3nc(N)c(C(=O)NC4CCC(N)CC4)c3n2)cc2c1C(=O)N([C@@H](C)C1CC1)C2. The second kappa shape index (κ2) is 8.58. The van der Waals surface area contributed by atoms with Crippen molar-refractivity contribution in [2.24, 2.45) is 11.7 Å². The van der Waals surface area contributed by atoms with Crippen molar-refractivity contribution >= 4 is 23.3 Å². The molecule has 3 heterocycles. The number of carbonyl (C=O) groups is 2. The molecule has 0 spiro atoms. The molecule has 1 aromatic carbocycles. The van der Waals surface area contributed by atoms with Gasteiger partial charge in [-0.25, -0.2) is 9.50 Å². The first-order chi connectivity index (χ1) is 17.3. The van der Waals surface area contributed by atoms with E-state index in [0.29, 0.717) is 29.4 Å². The Balaban J connectivity index is 1.31. The van der Waals surface area contributed by atoms with Crippen molar-refractivity contribution in [2.45, 2.75) is 77.0 Å². The first kappa shape index (κ1) is 23.0. The lowest BCUT2D eigenvalue weighted by molar-refractivity contribution is 0.0696. The van der Waals surface area contributed by atoms with Gasteiger partial charge in [0.1, 0.15) is 5.56 Å². The number of hydrogen-bond donors (Lipinski definition) is 3. The summed E-state index contributed by atoms with van der Waals surface area (Å²) in [6.07, 6.45) is 7.69. The summed E-state index contributed by atoms with van der Waals surface area (Å²) in [7, 11) is 0. The van der Waals surface area contributed by atoms with Crippen LogP contribution in [0, 0.1) is 12.8 Å². The van der Waals surface area contributed by atoms with E-state index in [0.717, 1.165) is 47.9 Å². The van der Waals surface area contributed by atoms with E-state index in [1.165, 1.54) is 12.8 Å². The van der Waals surface area contributed by atoms with Gasteiger partial charge in [-0.15, -0.1) is 5.10 Å². The number of amides is 2. The summed E-state index contributed by atoms with van der Waals surface area (Å²) in [5, 5.41) is 7.41. The molecular formula is C27H33N7O2. The molecule has 0 radical (unpaired) electrons. The molecule has 2 fully saturated rings. The van der Waals surface area contributed by atoms with Crippen LogP contribution in [0.5, 0.6) is 0 Å². The zero-order valence-electron chi connectivity index (χ0n) is 20.8. The van der Waals surface area contributed by atoms with E-state index in [1.54, 1.807) is 10.7 Å². The number of nitrogen functional groups attached to an aromatic ring is 1. The number of fused-ring (bicyclic) bond motifs is 2. The number of rotatable bonds is 5. The number of aromatic nitrogens is 3. The molecule has 1 atom stereocenters. The Morgan fingerprint density at radius 3 is 2.64 bits per heavy atom. The number of nitrogens with two attached hydrogens (primary N) is 2. The third-order valence-corrected chi connectivity index (χ3v) is 8.17. The first-order valence-electron chi connectivity index (χ1n) is 13.0. The molecule has 3 aromatic rings. The maximum atomic E-state index is 13.2. The number of anilines is 1. The van der Waals surface area contributed by atoms with Crippen molar-refractivity contribution in [1.29, 1.82) is 0 Å². The summed E-state index contributed by atoms with van der Waals surface area (Å²) < 4.78 is 1.55. The van der Waals surface area contributed by atoms with Crippen LogP contribution in [0.15, 0.2) is 24.4 Å². The quantitative estimate of drug-likeness (QED) is 0.507. The molecule has 2 aliphatic carbocycles. The number of aryl methyl sites for hydroxylation is 1. The van der Waals surface area contributed by atoms with Crippen LogP contribution < -0.4 is 16.8 Å². The van der Waals surface area contributed by atoms with E-state index in [4.69, 9.17) is 16.5 Å². The largest absolute Gasteiger partial charge is 0.381 e. The molecule has 36 heavy (non-hydrogen) atoms. The van der Waals surface area contributed by atoms with Gasteiger partial charge in [0, 0.05) is 42.0 Å². The van der Waals surface area contributed by atoms with Crippen LogP contribution in [0.4, 0.5) is 5.82 Å². The Morgan fingerprint density at radius 1 is 1.17 bits per heavy atom. The molecule has 0 saturated heterocycles. The van der Waals surface area contributed by atoms with E-state index in [9.17, 15) is 9.59 Å². The summed E-state index contributed by atoms with van der Waals surface area (Å²) in [4.78, 5) is 33.2. The van der Waals surface area contributed by atoms with Crippen LogP contribution in [0.2, 0.25) is 0 Å². The standard InChI is InChI=1S/C27H33N7O2/c1-14-11-17(12-18-13-33(27(36)22(14)18)15(2)16-3-4-16)21-9-10-34-25(31-21)23(24(29)32-34)26(35)30-20-7-5-19(28)6-8-20/h9-12,15-16,19-20H,3-8,13,28H2,1-2H3,(H2,29,32)(H,30,35)/t15-,19?,20?/m0/s1. The fraction of sp³-hybridized carbons (Fsp3) is 0.481. The minimum atomic E-state index is -0.256. The number of carbonyl (C=O) groups excluding carboxylic acids is 2. The van der Waals surface area contributed by atoms with E-state index in [1.807, 2.05) is 24.0 Å². The van der Waals surface area contributed by atoms with Crippen molar-refractivity contribution in [3.63, 3.8) is 0 Å². The zero-order valence-corrected chi connectivity index (χ0v) is 20.8. The molecule has 0 bridgehead atoms. The molecule has 9 nitrogen and oxygen atoms in total. The Bertz CT molecular complexity index is 1370. The predicted molar refractivity (Wildman–Crippen MR) is 137 cm³/mol. The normalized spacial score (nSPS) is 22.6. The van der Waals surface area contributed by atoms with E-state index < -0.39 is 0 Å². The molecule has 9 heteroatoms. The van der Waals surface area contributed by atoms with Crippen LogP contribution >= 0.6 is 0 Å². The van der Waals surface area contributed by atoms with E-state index >= 15 is 0 Å². The highest BCUT2D eigenvalue weighted by molar-refractivity contribution is 6.04. The highest BCUT2D eigenvalue weighted by Gasteiger charge is 2.39. The second-order valence-electron chi connectivity index (χ2n) is 10.8. The average Bonchev–Trinajstić information content (AvgIpc) is 3.57. The van der Waals surface area contributed by atoms with Crippen LogP contribution in [-0.4, -0.2) is 49.4 Å². The molecule has 2 saturated carbocycles. The van der Waals surface area contributed by atoms with Crippen molar-refractivity contribution in [3.8, 4) is 11.3 Å². The first-order valence-corrected chi connectivity index (χ1v) is 13.0. The highest BCUT2D eigenvalue weighted by Crippen LogP contribution is 2.39. The summed E-state index contributed by atoms with van der Waals surface area (Å²) in [5.74, 6) is 0.649. The molecular weight excluding hydrogens is 454 g/mol. The van der Waals surface area contributed by atoms with E-state index in [-0.39, 0.29) is 35.8 Å². The number of hydrogen-bond acceptors (Lipinski definition) is 6. The van der Waals surface area contributed by atoms with Gasteiger partial charge in [-0.05, 0) is 87.6 Å². The summed E-state index contributed by atoms with van der Waals surface area (Å²) in [6, 6.07) is 6.48. The summed E-state index contributed by atoms with van der Waals surface area (Å²) >= 11 is 0. The van der Waals surface area contributed by atoms with Crippen molar-refractivity contribution < 1.29 is 9.59 Å². The maximum absolute atomic E-state index is 13.2. The van der Waals surface area contributed by atoms with Crippen molar-refractivity contribution in [2.75, 3.05) is 5.73 Å². The van der Waals surface area contributed by atoms with Crippen molar-refractivity contribution in [3.05, 3.63) is 46.6 Å². The zero-order chi connectivity index (χ0) is 25.1. The van der Waals surface area contributed by atoms with Gasteiger partial charge in [0.25, 0.3) is 11.8 Å². The lowest BCUT2D eigenvalue weighted by Crippen LogP contribution is -2.40. The topological polar surface area (TPSA) is 132 Å². The van der Waals surface area contributed by atoms with Gasteiger partial charge in [-0.2, -0.15) is 0 Å². The smallest absolute Gasteiger partial charge is 0.259 e. The molecule has 3 aliphatic rings. The number of nitrogens with one attached hydrogen (secondary N) is 1. The van der Waals surface area contributed by atoms with Gasteiger partial charge >= 0.3 is 0 Å². The maximum Gasteiger partial charge on any atom is 0.259 e. The van der Waals surface area contributed by atoms with Crippen LogP contribution in [0.1, 0.15) is 77.3 Å². The Kier molecular flexibility index (Phi) is 5.48. The lowest BCUT2D eigenvalue weighted by atomic mass is 9.91. The minimum Gasteiger partial charge on any atom is -0.381 e. The molecule has 1 aliphatic heterocycles. The Labute approximate surface area is 210 Å². The van der Waals surface area contributed by atoms with Gasteiger partial charge in [-0.3, -0.25) is 9.59 Å². The van der Waals surface area contributed by atoms with Gasteiger partial charge in [0.15, 0.2) is 11.5 Å². The molecule has 188 valence electrons. The van der Waals surface area contributed by atoms with Gasteiger partial charge in [0.05, 0.1) is 5.69 Å². The Morgan fingerprint density at radius 2 is 1.92 bits per heavy atom. The lowest BCUT2D eigenvalue weighted by Gasteiger charge is -2.26. The van der Waals surface area contributed by atoms with Crippen LogP contribution in [0.25, 0.3) is 16.9 Å². The third kappa shape index (κ3) is 3.91. The number of benzene rings is 1. The minimum absolute atomic E-state index is 0.0766. The number of nitrogens with zero attached hydrogens (tertiary/aromatic N) is 4. The van der Waals surface area contributed by atoms with Crippen LogP contribution in [0.3, 0.4) is 0 Å². The van der Waals surface area contributed by atoms with Gasteiger partial charge in [-0.1, -0.05) is 0 Å². The third-order valence-electron chi connectivity index (χ3n) is 8.17. The Hall–Kier alpha value is -3.46. The fourth-order valence-corrected chi connectivity index (χ4v) is 5.85. The molecule has 0 unspecified atom stereocenters. The highest BCUT2D eigenvalue weighted by atomic mass is 16.2. The molecule has 5 N–H and O–H groups in total. The molecule has 2 amide bonds. The average molecular weight is 488 g/mol. The van der Waals surface area contributed by atoms with Gasteiger partial charge < -0.3 is 21.7 Å². The van der Waals surface area contributed by atoms with Crippen LogP contribution in [-0.2, 0) is 6.54 Å². The van der Waals surface area contributed by atoms with E-state index in [2.05, 4.69) is 23.4 Å².